The molecule has 1 aliphatic heterocycles. The van der Waals surface area contributed by atoms with E-state index < -0.39 is 0 Å². The first-order valence-corrected chi connectivity index (χ1v) is 7.77. The Hall–Kier alpha value is -0.920. The van der Waals surface area contributed by atoms with Crippen molar-refractivity contribution in [2.45, 2.75) is 25.3 Å². The van der Waals surface area contributed by atoms with Gasteiger partial charge < -0.3 is 10.2 Å². The molecule has 1 aromatic carbocycles. The zero-order valence-electron chi connectivity index (χ0n) is 11.6. The van der Waals surface area contributed by atoms with E-state index in [2.05, 4.69) is 38.8 Å². The van der Waals surface area contributed by atoms with Crippen LogP contribution in [0, 0.1) is 0 Å². The summed E-state index contributed by atoms with van der Waals surface area (Å²) in [6, 6.07) is 8.82. The Balaban J connectivity index is 1.97. The summed E-state index contributed by atoms with van der Waals surface area (Å²) in [5.41, 5.74) is 2.76. The number of amides is 1. The van der Waals surface area contributed by atoms with Crippen molar-refractivity contribution >= 4 is 15.1 Å². The summed E-state index contributed by atoms with van der Waals surface area (Å²) in [7, 11) is 4.49. The van der Waals surface area contributed by atoms with Crippen LogP contribution in [0.25, 0.3) is 0 Å². The van der Waals surface area contributed by atoms with Gasteiger partial charge in [0.1, 0.15) is 0 Å². The first-order valence-electron chi connectivity index (χ1n) is 6.96. The smallest absolute Gasteiger partial charge is 0.226 e. The van der Waals surface area contributed by atoms with Crippen LogP contribution in [0.3, 0.4) is 0 Å². The summed E-state index contributed by atoms with van der Waals surface area (Å²) < 4.78 is 0. The Morgan fingerprint density at radius 3 is 2.79 bits per heavy atom. The third-order valence-electron chi connectivity index (χ3n) is 3.83. The molecule has 1 unspecified atom stereocenters. The fraction of sp³-hybridized carbons (Fsp3) is 0.533. The van der Waals surface area contributed by atoms with Gasteiger partial charge in [0.25, 0.3) is 0 Å². The molecule has 0 aromatic heterocycles. The van der Waals surface area contributed by atoms with E-state index in [0.29, 0.717) is 12.1 Å². The highest BCUT2D eigenvalue weighted by atomic mass is 31.0. The van der Waals surface area contributed by atoms with Gasteiger partial charge in [0.15, 0.2) is 0 Å². The van der Waals surface area contributed by atoms with E-state index >= 15 is 0 Å². The number of rotatable bonds is 4. The van der Waals surface area contributed by atoms with Gasteiger partial charge in [-0.25, -0.2) is 0 Å². The third-order valence-corrected chi connectivity index (χ3v) is 4.17. The predicted molar refractivity (Wildman–Crippen MR) is 82.3 cm³/mol. The summed E-state index contributed by atoms with van der Waals surface area (Å²) in [6.07, 6.45) is 2.71. The van der Waals surface area contributed by atoms with Crippen molar-refractivity contribution in [2.24, 2.45) is 0 Å². The van der Waals surface area contributed by atoms with Crippen LogP contribution in [-0.2, 0) is 11.3 Å². The summed E-state index contributed by atoms with van der Waals surface area (Å²) in [6.45, 7) is 2.71. The minimum atomic E-state index is 0.257. The van der Waals surface area contributed by atoms with Gasteiger partial charge >= 0.3 is 0 Å². The maximum Gasteiger partial charge on any atom is 0.226 e. The minimum absolute atomic E-state index is 0.257. The third kappa shape index (κ3) is 3.77. The van der Waals surface area contributed by atoms with E-state index in [-0.39, 0.29) is 5.91 Å². The second kappa shape index (κ2) is 7.02. The molecular weight excluding hydrogens is 255 g/mol. The molecule has 1 aliphatic rings. The highest BCUT2D eigenvalue weighted by Gasteiger charge is 2.22. The van der Waals surface area contributed by atoms with Crippen LogP contribution in [-0.4, -0.2) is 37.1 Å². The van der Waals surface area contributed by atoms with Crippen molar-refractivity contribution in [3.05, 3.63) is 35.4 Å². The monoisotopic (exact) mass is 278 g/mol. The largest absolute Gasteiger partial charge is 0.342 e. The normalized spacial score (nSPS) is 16.6. The van der Waals surface area contributed by atoms with Crippen molar-refractivity contribution in [2.75, 3.05) is 26.3 Å². The van der Waals surface area contributed by atoms with Crippen LogP contribution < -0.4 is 5.32 Å². The average molecular weight is 278 g/mol. The lowest BCUT2D eigenvalue weighted by atomic mass is 9.88. The summed E-state index contributed by atoms with van der Waals surface area (Å²) in [4.78, 5) is 13.6. The molecule has 0 saturated carbocycles. The molecule has 1 N–H and O–H groups in total. The van der Waals surface area contributed by atoms with E-state index in [1.807, 2.05) is 11.9 Å². The maximum atomic E-state index is 11.6. The van der Waals surface area contributed by atoms with Gasteiger partial charge in [0.05, 0.1) is 0 Å². The van der Waals surface area contributed by atoms with Gasteiger partial charge in [-0.2, -0.15) is 0 Å². The van der Waals surface area contributed by atoms with Crippen molar-refractivity contribution in [1.82, 2.24) is 10.2 Å². The fourth-order valence-corrected chi connectivity index (χ4v) is 3.01. The number of hydrogen-bond donors (Lipinski definition) is 1. The van der Waals surface area contributed by atoms with Gasteiger partial charge in [-0.05, 0) is 36.9 Å². The van der Waals surface area contributed by atoms with Gasteiger partial charge in [-0.3, -0.25) is 4.79 Å². The Kier molecular flexibility index (Phi) is 5.35. The van der Waals surface area contributed by atoms with Crippen molar-refractivity contribution in [3.63, 3.8) is 0 Å². The van der Waals surface area contributed by atoms with Gasteiger partial charge in [-0.1, -0.05) is 24.3 Å². The fourth-order valence-electron chi connectivity index (χ4n) is 2.75. The van der Waals surface area contributed by atoms with Crippen LogP contribution in [0.15, 0.2) is 24.3 Å². The molecule has 1 saturated heterocycles. The topological polar surface area (TPSA) is 32.3 Å². The summed E-state index contributed by atoms with van der Waals surface area (Å²) in [5, 5.41) is 3.19. The zero-order chi connectivity index (χ0) is 13.7. The van der Waals surface area contributed by atoms with E-state index in [1.54, 1.807) is 0 Å². The molecule has 1 atom stereocenters. The Morgan fingerprint density at radius 2 is 2.16 bits per heavy atom. The second-order valence-corrected chi connectivity index (χ2v) is 5.54. The number of nitrogens with one attached hydrogen (secondary N) is 1. The highest BCUT2D eigenvalue weighted by molar-refractivity contribution is 7.18. The molecule has 104 valence electrons. The molecule has 1 fully saturated rings. The number of piperidine rings is 1. The molecule has 2 rings (SSSR count). The van der Waals surface area contributed by atoms with Crippen LogP contribution in [0.5, 0.6) is 0 Å². The molecule has 1 heterocycles. The number of benzene rings is 1. The number of nitrogens with zero attached hydrogens (tertiary/aromatic N) is 1. The lowest BCUT2D eigenvalue weighted by Crippen LogP contribution is -2.38. The number of carbonyl (C=O) groups excluding carboxylic acids is 1. The lowest BCUT2D eigenvalue weighted by molar-refractivity contribution is -0.129. The molecular formula is C15H23N2OP. The Bertz CT molecular complexity index is 428. The molecule has 1 aromatic rings. The van der Waals surface area contributed by atoms with Gasteiger partial charge in [-0.15, -0.1) is 9.24 Å². The zero-order valence-corrected chi connectivity index (χ0v) is 12.7. The van der Waals surface area contributed by atoms with Crippen molar-refractivity contribution < 1.29 is 4.79 Å². The minimum Gasteiger partial charge on any atom is -0.342 e. The van der Waals surface area contributed by atoms with E-state index in [4.69, 9.17) is 0 Å². The van der Waals surface area contributed by atoms with Crippen molar-refractivity contribution in [3.8, 4) is 0 Å². The predicted octanol–water partition coefficient (Wildman–Crippen LogP) is 1.99. The standard InChI is InChI=1S/C15H23N2OP/c1-16-10-12-3-2-4-14(9-12)13-5-7-17(8-6-13)15(18)11-19/h2-4,9,13,16H,5-8,10-11,19H2,1H3. The maximum absolute atomic E-state index is 11.6. The summed E-state index contributed by atoms with van der Waals surface area (Å²) in [5.74, 6) is 0.859. The van der Waals surface area contributed by atoms with Crippen LogP contribution in [0.4, 0.5) is 0 Å². The van der Waals surface area contributed by atoms with Gasteiger partial charge in [0.2, 0.25) is 5.91 Å². The van der Waals surface area contributed by atoms with E-state index in [0.717, 1.165) is 32.5 Å². The van der Waals surface area contributed by atoms with Crippen LogP contribution in [0.2, 0.25) is 0 Å². The number of carbonyl (C=O) groups is 1. The lowest BCUT2D eigenvalue weighted by Gasteiger charge is -2.32. The van der Waals surface area contributed by atoms with Crippen LogP contribution >= 0.6 is 9.24 Å². The van der Waals surface area contributed by atoms with Crippen molar-refractivity contribution in [1.29, 1.82) is 0 Å². The first kappa shape index (κ1) is 14.5. The molecule has 4 heteroatoms. The molecule has 1 amide bonds. The molecule has 19 heavy (non-hydrogen) atoms. The highest BCUT2D eigenvalue weighted by Crippen LogP contribution is 2.28. The number of likely N-dealkylation sites (tertiary alicyclic amines) is 1. The SMILES string of the molecule is CNCc1cccc(C2CCN(C(=O)CP)CC2)c1. The molecule has 3 nitrogen and oxygen atoms in total. The first-order chi connectivity index (χ1) is 9.24. The van der Waals surface area contributed by atoms with E-state index in [1.165, 1.54) is 11.1 Å². The molecule has 0 bridgehead atoms. The van der Waals surface area contributed by atoms with Crippen LogP contribution in [0.1, 0.15) is 29.9 Å². The molecule has 0 spiro atoms. The molecule has 0 aliphatic carbocycles. The number of hydrogen-bond acceptors (Lipinski definition) is 2. The Morgan fingerprint density at radius 1 is 1.42 bits per heavy atom. The quantitative estimate of drug-likeness (QED) is 0.854. The van der Waals surface area contributed by atoms with Gasteiger partial charge in [0, 0.05) is 25.8 Å². The summed E-state index contributed by atoms with van der Waals surface area (Å²) >= 11 is 0. The van der Waals surface area contributed by atoms with E-state index in [9.17, 15) is 4.79 Å². The Labute approximate surface area is 118 Å². The second-order valence-electron chi connectivity index (χ2n) is 5.13. The average Bonchev–Trinajstić information content (AvgIpc) is 2.47. The molecule has 0 radical (unpaired) electrons.